The molecule has 0 unspecified atom stereocenters. The zero-order valence-electron chi connectivity index (χ0n) is 9.99. The molecule has 20 heavy (non-hydrogen) atoms. The van der Waals surface area contributed by atoms with Gasteiger partial charge in [0.1, 0.15) is 0 Å². The Bertz CT molecular complexity index is 762. The van der Waals surface area contributed by atoms with Crippen LogP contribution in [0.25, 0.3) is 0 Å². The van der Waals surface area contributed by atoms with Crippen LogP contribution in [0.3, 0.4) is 0 Å². The first-order chi connectivity index (χ1) is 9.40. The van der Waals surface area contributed by atoms with Crippen LogP contribution >= 0.6 is 15.9 Å². The maximum absolute atomic E-state index is 12.2. The van der Waals surface area contributed by atoms with Crippen LogP contribution in [-0.4, -0.2) is 13.3 Å². The summed E-state index contributed by atoms with van der Waals surface area (Å²) in [5.41, 5.74) is -0.146. The molecule has 1 N–H and O–H groups in total. The quantitative estimate of drug-likeness (QED) is 0.672. The van der Waals surface area contributed by atoms with Crippen molar-refractivity contribution in [1.82, 2.24) is 0 Å². The number of para-hydroxylation sites is 1. The van der Waals surface area contributed by atoms with E-state index in [9.17, 15) is 18.5 Å². The second-order valence-corrected chi connectivity index (χ2v) is 6.41. The van der Waals surface area contributed by atoms with Crippen molar-refractivity contribution in [3.8, 4) is 0 Å². The summed E-state index contributed by atoms with van der Waals surface area (Å²) in [5.74, 6) is 0. The zero-order valence-corrected chi connectivity index (χ0v) is 12.4. The average molecular weight is 357 g/mol. The molecule has 0 aromatic heterocycles. The molecule has 0 saturated carbocycles. The van der Waals surface area contributed by atoms with Crippen molar-refractivity contribution in [3.05, 3.63) is 63.1 Å². The monoisotopic (exact) mass is 356 g/mol. The molecule has 0 amide bonds. The van der Waals surface area contributed by atoms with E-state index in [0.717, 1.165) is 6.07 Å². The number of sulfonamides is 1. The molecule has 0 aliphatic carbocycles. The van der Waals surface area contributed by atoms with Crippen LogP contribution in [-0.2, 0) is 10.0 Å². The lowest BCUT2D eigenvalue weighted by atomic mass is 10.3. The topological polar surface area (TPSA) is 89.3 Å². The van der Waals surface area contributed by atoms with Crippen LogP contribution in [0.5, 0.6) is 0 Å². The highest BCUT2D eigenvalue weighted by molar-refractivity contribution is 9.10. The number of hydrogen-bond acceptors (Lipinski definition) is 4. The van der Waals surface area contributed by atoms with E-state index in [-0.39, 0.29) is 4.90 Å². The second kappa shape index (κ2) is 5.59. The predicted octanol–water partition coefficient (Wildman–Crippen LogP) is 3.16. The molecule has 0 fully saturated rings. The summed E-state index contributed by atoms with van der Waals surface area (Å²) in [6.07, 6.45) is 0. The molecular formula is C12H9BrN2O4S. The van der Waals surface area contributed by atoms with Crippen LogP contribution < -0.4 is 4.72 Å². The molecule has 0 saturated heterocycles. The predicted molar refractivity (Wildman–Crippen MR) is 78.0 cm³/mol. The minimum absolute atomic E-state index is 0.317. The number of rotatable bonds is 4. The first-order valence-electron chi connectivity index (χ1n) is 5.42. The third kappa shape index (κ3) is 3.14. The lowest BCUT2D eigenvalue weighted by Crippen LogP contribution is -2.14. The molecule has 2 aromatic carbocycles. The van der Waals surface area contributed by atoms with Crippen LogP contribution in [0, 0.1) is 10.1 Å². The molecular weight excluding hydrogens is 348 g/mol. The van der Waals surface area contributed by atoms with E-state index in [1.807, 2.05) is 0 Å². The second-order valence-electron chi connectivity index (χ2n) is 3.84. The molecule has 2 aromatic rings. The zero-order chi connectivity index (χ0) is 14.8. The van der Waals surface area contributed by atoms with Crippen LogP contribution in [0.2, 0.25) is 0 Å². The van der Waals surface area contributed by atoms with Gasteiger partial charge >= 0.3 is 0 Å². The van der Waals surface area contributed by atoms with Crippen molar-refractivity contribution in [1.29, 1.82) is 0 Å². The summed E-state index contributed by atoms with van der Waals surface area (Å²) in [5, 5.41) is 10.9. The van der Waals surface area contributed by atoms with E-state index >= 15 is 0 Å². The minimum atomic E-state index is -4.02. The SMILES string of the molecule is O=[N+]([O-])c1ccccc1S(=O)(=O)Nc1cccc(Br)c1. The van der Waals surface area contributed by atoms with Gasteiger partial charge in [0.25, 0.3) is 15.7 Å². The Kier molecular flexibility index (Phi) is 4.05. The molecule has 2 rings (SSSR count). The number of nitro groups is 1. The number of nitrogens with one attached hydrogen (secondary N) is 1. The van der Waals surface area contributed by atoms with Crippen molar-refractivity contribution < 1.29 is 13.3 Å². The Hall–Kier alpha value is -1.93. The summed E-state index contributed by atoms with van der Waals surface area (Å²) < 4.78 is 27.4. The van der Waals surface area contributed by atoms with E-state index in [1.165, 1.54) is 18.2 Å². The number of benzene rings is 2. The Balaban J connectivity index is 2.44. The molecule has 0 spiro atoms. The first-order valence-corrected chi connectivity index (χ1v) is 7.69. The molecule has 0 aliphatic heterocycles. The highest BCUT2D eigenvalue weighted by atomic mass is 79.9. The van der Waals surface area contributed by atoms with Gasteiger partial charge in [-0.1, -0.05) is 34.1 Å². The van der Waals surface area contributed by atoms with E-state index in [2.05, 4.69) is 20.7 Å². The van der Waals surface area contributed by atoms with Gasteiger partial charge in [-0.3, -0.25) is 14.8 Å². The molecule has 0 bridgehead atoms. The summed E-state index contributed by atoms with van der Waals surface area (Å²) in [4.78, 5) is 9.78. The normalized spacial score (nSPS) is 11.1. The van der Waals surface area contributed by atoms with Gasteiger partial charge in [0.15, 0.2) is 4.90 Å². The van der Waals surface area contributed by atoms with Crippen LogP contribution in [0.15, 0.2) is 57.9 Å². The lowest BCUT2D eigenvalue weighted by molar-refractivity contribution is -0.387. The van der Waals surface area contributed by atoms with Gasteiger partial charge in [0.05, 0.1) is 4.92 Å². The van der Waals surface area contributed by atoms with Crippen molar-refractivity contribution in [2.75, 3.05) is 4.72 Å². The van der Waals surface area contributed by atoms with Gasteiger partial charge in [-0.25, -0.2) is 8.42 Å². The van der Waals surface area contributed by atoms with Gasteiger partial charge in [0.2, 0.25) is 0 Å². The van der Waals surface area contributed by atoms with E-state index < -0.39 is 20.6 Å². The van der Waals surface area contributed by atoms with Crippen molar-refractivity contribution in [3.63, 3.8) is 0 Å². The number of nitro benzene ring substituents is 1. The van der Waals surface area contributed by atoms with Crippen LogP contribution in [0.1, 0.15) is 0 Å². The van der Waals surface area contributed by atoms with E-state index in [4.69, 9.17) is 0 Å². The van der Waals surface area contributed by atoms with E-state index in [1.54, 1.807) is 24.3 Å². The standard InChI is InChI=1S/C12H9BrN2O4S/c13-9-4-3-5-10(8-9)14-20(18,19)12-7-2-1-6-11(12)15(16)17/h1-8,14H. The Morgan fingerprint density at radius 3 is 2.45 bits per heavy atom. The molecule has 0 aliphatic rings. The van der Waals surface area contributed by atoms with Crippen molar-refractivity contribution in [2.45, 2.75) is 4.90 Å². The fourth-order valence-electron chi connectivity index (χ4n) is 1.60. The fourth-order valence-corrected chi connectivity index (χ4v) is 3.22. The number of anilines is 1. The van der Waals surface area contributed by atoms with Gasteiger partial charge in [-0.2, -0.15) is 0 Å². The van der Waals surface area contributed by atoms with Crippen molar-refractivity contribution >= 4 is 37.3 Å². The average Bonchev–Trinajstić information content (AvgIpc) is 2.38. The Morgan fingerprint density at radius 2 is 1.80 bits per heavy atom. The Labute approximate surface area is 123 Å². The van der Waals surface area contributed by atoms with Gasteiger partial charge in [-0.15, -0.1) is 0 Å². The molecule has 0 heterocycles. The molecule has 6 nitrogen and oxygen atoms in total. The third-order valence-corrected chi connectivity index (χ3v) is 4.35. The van der Waals surface area contributed by atoms with E-state index in [0.29, 0.717) is 10.2 Å². The number of nitrogens with zero attached hydrogens (tertiary/aromatic N) is 1. The summed E-state index contributed by atoms with van der Waals surface area (Å²) >= 11 is 3.22. The molecule has 8 heteroatoms. The number of halogens is 1. The van der Waals surface area contributed by atoms with Gasteiger partial charge in [0, 0.05) is 16.2 Å². The minimum Gasteiger partial charge on any atom is -0.279 e. The van der Waals surface area contributed by atoms with Gasteiger partial charge < -0.3 is 0 Å². The molecule has 104 valence electrons. The van der Waals surface area contributed by atoms with Gasteiger partial charge in [-0.05, 0) is 24.3 Å². The molecule has 0 radical (unpaired) electrons. The van der Waals surface area contributed by atoms with Crippen LogP contribution in [0.4, 0.5) is 11.4 Å². The fraction of sp³-hybridized carbons (Fsp3) is 0. The third-order valence-electron chi connectivity index (χ3n) is 2.43. The highest BCUT2D eigenvalue weighted by Gasteiger charge is 2.25. The summed E-state index contributed by atoms with van der Waals surface area (Å²) in [7, 11) is -4.02. The highest BCUT2D eigenvalue weighted by Crippen LogP contribution is 2.26. The van der Waals surface area contributed by atoms with Crippen molar-refractivity contribution in [2.24, 2.45) is 0 Å². The maximum atomic E-state index is 12.2. The summed E-state index contributed by atoms with van der Waals surface area (Å²) in [6.45, 7) is 0. The lowest BCUT2D eigenvalue weighted by Gasteiger charge is -2.08. The summed E-state index contributed by atoms with van der Waals surface area (Å²) in [6, 6.07) is 11.7. The maximum Gasteiger partial charge on any atom is 0.289 e. The largest absolute Gasteiger partial charge is 0.289 e. The Morgan fingerprint density at radius 1 is 1.10 bits per heavy atom. The molecule has 0 atom stereocenters. The smallest absolute Gasteiger partial charge is 0.279 e. The first kappa shape index (κ1) is 14.5. The number of hydrogen-bond donors (Lipinski definition) is 1.